The Bertz CT molecular complexity index is 116. The van der Waals surface area contributed by atoms with E-state index in [1.807, 2.05) is 0 Å². The van der Waals surface area contributed by atoms with Crippen molar-refractivity contribution in [2.24, 2.45) is 11.3 Å². The molecule has 1 atom stereocenters. The summed E-state index contributed by atoms with van der Waals surface area (Å²) in [6, 6.07) is 0.605. The highest BCUT2D eigenvalue weighted by molar-refractivity contribution is 4.77. The molecule has 0 aliphatic heterocycles. The molecule has 12 heavy (non-hydrogen) atoms. The molecule has 0 bridgehead atoms. The van der Waals surface area contributed by atoms with Crippen molar-refractivity contribution >= 4 is 0 Å². The molecule has 0 aliphatic carbocycles. The van der Waals surface area contributed by atoms with Gasteiger partial charge in [-0.05, 0) is 11.3 Å². The summed E-state index contributed by atoms with van der Waals surface area (Å²) < 4.78 is 0. The van der Waals surface area contributed by atoms with Gasteiger partial charge < -0.3 is 5.32 Å². The molecule has 74 valence electrons. The van der Waals surface area contributed by atoms with Gasteiger partial charge in [-0.3, -0.25) is 0 Å². The van der Waals surface area contributed by atoms with E-state index in [-0.39, 0.29) is 0 Å². The Labute approximate surface area is 77.9 Å². The number of nitrogens with one attached hydrogen (secondary N) is 1. The van der Waals surface area contributed by atoms with Crippen molar-refractivity contribution in [3.63, 3.8) is 0 Å². The maximum Gasteiger partial charge on any atom is 0.00106 e. The van der Waals surface area contributed by atoms with Crippen molar-refractivity contribution in [2.45, 2.75) is 54.0 Å². The second kappa shape index (κ2) is 4.86. The normalized spacial score (nSPS) is 15.2. The van der Waals surface area contributed by atoms with Gasteiger partial charge in [0.2, 0.25) is 0 Å². The Morgan fingerprint density at radius 2 is 1.67 bits per heavy atom. The van der Waals surface area contributed by atoms with Crippen LogP contribution in [-0.4, -0.2) is 12.6 Å². The molecule has 0 amide bonds. The van der Waals surface area contributed by atoms with Crippen molar-refractivity contribution in [2.75, 3.05) is 6.54 Å². The lowest BCUT2D eigenvalue weighted by atomic mass is 9.78. The van der Waals surface area contributed by atoms with E-state index in [1.54, 1.807) is 0 Å². The molecule has 1 unspecified atom stereocenters. The largest absolute Gasteiger partial charge is 0.314 e. The summed E-state index contributed by atoms with van der Waals surface area (Å²) in [5.74, 6) is 0.795. The van der Waals surface area contributed by atoms with Crippen LogP contribution in [0.4, 0.5) is 0 Å². The first-order chi connectivity index (χ1) is 5.40. The fraction of sp³-hybridized carbons (Fsp3) is 1.00. The summed E-state index contributed by atoms with van der Waals surface area (Å²) in [5, 5.41) is 3.50. The maximum atomic E-state index is 3.50. The van der Waals surface area contributed by atoms with Crippen LogP contribution in [0, 0.1) is 11.3 Å². The van der Waals surface area contributed by atoms with Gasteiger partial charge in [-0.1, -0.05) is 48.0 Å². The van der Waals surface area contributed by atoms with Crippen LogP contribution in [0.25, 0.3) is 0 Å². The summed E-state index contributed by atoms with van der Waals surface area (Å²) in [4.78, 5) is 0. The zero-order valence-corrected chi connectivity index (χ0v) is 9.57. The number of hydrogen-bond donors (Lipinski definition) is 1. The van der Waals surface area contributed by atoms with Crippen molar-refractivity contribution in [3.05, 3.63) is 0 Å². The molecule has 1 heteroatoms. The van der Waals surface area contributed by atoms with Crippen molar-refractivity contribution in [1.82, 2.24) is 5.32 Å². The fourth-order valence-corrected chi connectivity index (χ4v) is 1.19. The maximum absolute atomic E-state index is 3.50. The summed E-state index contributed by atoms with van der Waals surface area (Å²) in [7, 11) is 0. The van der Waals surface area contributed by atoms with Crippen molar-refractivity contribution in [3.8, 4) is 0 Å². The van der Waals surface area contributed by atoms with Gasteiger partial charge in [0.05, 0.1) is 0 Å². The third-order valence-corrected chi connectivity index (χ3v) is 2.91. The van der Waals surface area contributed by atoms with Crippen LogP contribution in [0.1, 0.15) is 48.0 Å². The summed E-state index contributed by atoms with van der Waals surface area (Å²) >= 11 is 0. The van der Waals surface area contributed by atoms with Gasteiger partial charge >= 0.3 is 0 Å². The molecule has 0 rings (SSSR count). The molecule has 0 aliphatic rings. The standard InChI is InChI=1S/C11H25N/c1-7-10(4)11(5,6)8-12-9(2)3/h9-10,12H,7-8H2,1-6H3. The van der Waals surface area contributed by atoms with Crippen LogP contribution in [0.3, 0.4) is 0 Å². The van der Waals surface area contributed by atoms with Gasteiger partial charge in [0.15, 0.2) is 0 Å². The highest BCUT2D eigenvalue weighted by Gasteiger charge is 2.23. The van der Waals surface area contributed by atoms with Gasteiger partial charge in [-0.25, -0.2) is 0 Å². The second-order valence-electron chi connectivity index (χ2n) is 4.83. The van der Waals surface area contributed by atoms with Gasteiger partial charge in [-0.2, -0.15) is 0 Å². The molecule has 0 aromatic rings. The van der Waals surface area contributed by atoms with Crippen LogP contribution in [0.2, 0.25) is 0 Å². The molecule has 0 heterocycles. The van der Waals surface area contributed by atoms with E-state index in [0.29, 0.717) is 11.5 Å². The van der Waals surface area contributed by atoms with E-state index in [4.69, 9.17) is 0 Å². The molecule has 0 fully saturated rings. The van der Waals surface area contributed by atoms with E-state index >= 15 is 0 Å². The van der Waals surface area contributed by atoms with Crippen molar-refractivity contribution in [1.29, 1.82) is 0 Å². The van der Waals surface area contributed by atoms with E-state index in [1.165, 1.54) is 6.42 Å². The molecule has 0 spiro atoms. The molecule has 0 saturated heterocycles. The SMILES string of the molecule is CCC(C)C(C)(C)CNC(C)C. The lowest BCUT2D eigenvalue weighted by molar-refractivity contribution is 0.210. The predicted molar refractivity (Wildman–Crippen MR) is 56.4 cm³/mol. The topological polar surface area (TPSA) is 12.0 Å². The average Bonchev–Trinajstić information content (AvgIpc) is 1.99. The first-order valence-electron chi connectivity index (χ1n) is 5.13. The average molecular weight is 171 g/mol. The summed E-state index contributed by atoms with van der Waals surface area (Å²) in [5.41, 5.74) is 0.430. The zero-order valence-electron chi connectivity index (χ0n) is 9.57. The molecule has 0 radical (unpaired) electrons. The smallest absolute Gasteiger partial charge is 0.00106 e. The van der Waals surface area contributed by atoms with Gasteiger partial charge in [-0.15, -0.1) is 0 Å². The molecular formula is C11H25N. The fourth-order valence-electron chi connectivity index (χ4n) is 1.19. The Kier molecular flexibility index (Phi) is 4.84. The quantitative estimate of drug-likeness (QED) is 0.670. The first-order valence-corrected chi connectivity index (χ1v) is 5.13. The zero-order chi connectivity index (χ0) is 9.78. The molecule has 1 nitrogen and oxygen atoms in total. The highest BCUT2D eigenvalue weighted by atomic mass is 14.9. The molecule has 0 saturated carbocycles. The predicted octanol–water partition coefficient (Wildman–Crippen LogP) is 3.06. The van der Waals surface area contributed by atoms with Crippen LogP contribution < -0.4 is 5.32 Å². The van der Waals surface area contributed by atoms with Crippen LogP contribution in [0.5, 0.6) is 0 Å². The van der Waals surface area contributed by atoms with Gasteiger partial charge in [0.25, 0.3) is 0 Å². The van der Waals surface area contributed by atoms with Gasteiger partial charge in [0, 0.05) is 12.6 Å². The highest BCUT2D eigenvalue weighted by Crippen LogP contribution is 2.27. The van der Waals surface area contributed by atoms with Crippen LogP contribution in [0.15, 0.2) is 0 Å². The Balaban J connectivity index is 3.86. The van der Waals surface area contributed by atoms with E-state index in [2.05, 4.69) is 46.9 Å². The lowest BCUT2D eigenvalue weighted by Gasteiger charge is -2.32. The Hall–Kier alpha value is -0.0400. The molecule has 1 N–H and O–H groups in total. The molecule has 0 aromatic heterocycles. The minimum atomic E-state index is 0.430. The molecular weight excluding hydrogens is 146 g/mol. The Morgan fingerprint density at radius 1 is 1.17 bits per heavy atom. The Morgan fingerprint density at radius 3 is 2.00 bits per heavy atom. The van der Waals surface area contributed by atoms with Crippen molar-refractivity contribution < 1.29 is 0 Å². The van der Waals surface area contributed by atoms with Gasteiger partial charge in [0.1, 0.15) is 0 Å². The second-order valence-corrected chi connectivity index (χ2v) is 4.83. The third kappa shape index (κ3) is 4.10. The van der Waals surface area contributed by atoms with E-state index < -0.39 is 0 Å². The summed E-state index contributed by atoms with van der Waals surface area (Å²) in [6.45, 7) is 14.8. The lowest BCUT2D eigenvalue weighted by Crippen LogP contribution is -2.37. The van der Waals surface area contributed by atoms with E-state index in [9.17, 15) is 0 Å². The number of rotatable bonds is 5. The first kappa shape index (κ1) is 12.0. The van der Waals surface area contributed by atoms with Crippen LogP contribution in [-0.2, 0) is 0 Å². The number of hydrogen-bond acceptors (Lipinski definition) is 1. The molecule has 0 aromatic carbocycles. The third-order valence-electron chi connectivity index (χ3n) is 2.91. The monoisotopic (exact) mass is 171 g/mol. The summed E-state index contributed by atoms with van der Waals surface area (Å²) in [6.07, 6.45) is 1.27. The van der Waals surface area contributed by atoms with E-state index in [0.717, 1.165) is 12.5 Å². The minimum Gasteiger partial charge on any atom is -0.314 e. The van der Waals surface area contributed by atoms with Crippen LogP contribution >= 0.6 is 0 Å². The minimum absolute atomic E-state index is 0.430.